The van der Waals surface area contributed by atoms with E-state index in [0.717, 1.165) is 29.5 Å². The van der Waals surface area contributed by atoms with Crippen LogP contribution in [-0.4, -0.2) is 16.1 Å². The minimum Gasteiger partial charge on any atom is -0.478 e. The standard InChI is InChI=1S/C20H12F7NO2S/c1-9-17(11-2-3-14(18(29)30)15(7-11)20(25,26)27)31-16(28-9)6-10-4-12(19(22,23)24)8-13(21)5-10/h2-5,7-8H,6H2,1H3,(H,29,30). The van der Waals surface area contributed by atoms with Crippen LogP contribution in [0.3, 0.4) is 0 Å². The second-order valence-corrected chi connectivity index (χ2v) is 7.69. The van der Waals surface area contributed by atoms with E-state index in [1.807, 2.05) is 0 Å². The number of thiazole rings is 1. The summed E-state index contributed by atoms with van der Waals surface area (Å²) in [4.78, 5) is 15.6. The lowest BCUT2D eigenvalue weighted by Gasteiger charge is -2.11. The molecule has 0 radical (unpaired) electrons. The van der Waals surface area contributed by atoms with Crippen LogP contribution in [-0.2, 0) is 18.8 Å². The van der Waals surface area contributed by atoms with Crippen LogP contribution in [0, 0.1) is 12.7 Å². The number of halogens is 7. The maximum atomic E-state index is 13.6. The molecular weight excluding hydrogens is 451 g/mol. The Morgan fingerprint density at radius 3 is 2.29 bits per heavy atom. The Kier molecular flexibility index (Phi) is 5.83. The summed E-state index contributed by atoms with van der Waals surface area (Å²) in [7, 11) is 0. The summed E-state index contributed by atoms with van der Waals surface area (Å²) < 4.78 is 92.1. The second kappa shape index (κ2) is 7.95. The first-order chi connectivity index (χ1) is 14.3. The van der Waals surface area contributed by atoms with E-state index in [4.69, 9.17) is 5.11 Å². The number of aromatic carboxylic acids is 1. The molecule has 2 aromatic carbocycles. The van der Waals surface area contributed by atoms with Gasteiger partial charge in [0.15, 0.2) is 0 Å². The summed E-state index contributed by atoms with van der Waals surface area (Å²) in [5, 5.41) is 9.26. The lowest BCUT2D eigenvalue weighted by atomic mass is 10.0. The number of hydrogen-bond acceptors (Lipinski definition) is 3. The third-order valence-corrected chi connectivity index (χ3v) is 5.51. The van der Waals surface area contributed by atoms with Crippen molar-refractivity contribution in [3.8, 4) is 10.4 Å². The van der Waals surface area contributed by atoms with E-state index in [0.29, 0.717) is 22.7 Å². The molecule has 0 aliphatic rings. The van der Waals surface area contributed by atoms with Gasteiger partial charge < -0.3 is 5.11 Å². The smallest absolute Gasteiger partial charge is 0.417 e. The van der Waals surface area contributed by atoms with Gasteiger partial charge in [-0.1, -0.05) is 6.07 Å². The fraction of sp³-hybridized carbons (Fsp3) is 0.200. The molecule has 0 amide bonds. The van der Waals surface area contributed by atoms with Crippen molar-refractivity contribution in [2.24, 2.45) is 0 Å². The van der Waals surface area contributed by atoms with Gasteiger partial charge >= 0.3 is 18.3 Å². The molecule has 0 unspecified atom stereocenters. The number of carbonyl (C=O) groups is 1. The van der Waals surface area contributed by atoms with Crippen molar-refractivity contribution < 1.29 is 40.6 Å². The molecule has 0 aliphatic heterocycles. The monoisotopic (exact) mass is 463 g/mol. The predicted octanol–water partition coefficient (Wildman–Crippen LogP) is 6.58. The van der Waals surface area contributed by atoms with Crippen molar-refractivity contribution in [1.29, 1.82) is 0 Å². The fourth-order valence-electron chi connectivity index (χ4n) is 2.99. The van der Waals surface area contributed by atoms with E-state index in [2.05, 4.69) is 4.98 Å². The highest BCUT2D eigenvalue weighted by Crippen LogP contribution is 2.38. The van der Waals surface area contributed by atoms with Crippen LogP contribution < -0.4 is 0 Å². The molecule has 11 heteroatoms. The number of rotatable bonds is 4. The minimum atomic E-state index is -4.90. The van der Waals surface area contributed by atoms with Crippen molar-refractivity contribution in [3.63, 3.8) is 0 Å². The first-order valence-electron chi connectivity index (χ1n) is 8.53. The summed E-state index contributed by atoms with van der Waals surface area (Å²) in [6.45, 7) is 1.50. The Morgan fingerprint density at radius 1 is 1.03 bits per heavy atom. The number of alkyl halides is 6. The molecule has 3 nitrogen and oxygen atoms in total. The number of carboxylic acids is 1. The molecule has 1 heterocycles. The van der Waals surface area contributed by atoms with Crippen molar-refractivity contribution in [2.45, 2.75) is 25.7 Å². The van der Waals surface area contributed by atoms with Gasteiger partial charge in [0.1, 0.15) is 5.82 Å². The molecular formula is C20H12F7NO2S. The average molecular weight is 463 g/mol. The topological polar surface area (TPSA) is 50.2 Å². The molecule has 1 aromatic heterocycles. The number of carboxylic acid groups (broad SMARTS) is 1. The quantitative estimate of drug-likeness (QED) is 0.445. The third-order valence-electron chi connectivity index (χ3n) is 4.30. The maximum Gasteiger partial charge on any atom is 0.417 e. The first-order valence-corrected chi connectivity index (χ1v) is 9.35. The largest absolute Gasteiger partial charge is 0.478 e. The van der Waals surface area contributed by atoms with Gasteiger partial charge in [-0.2, -0.15) is 26.3 Å². The Labute approximate surface area is 174 Å². The van der Waals surface area contributed by atoms with Crippen LogP contribution in [0.15, 0.2) is 36.4 Å². The van der Waals surface area contributed by atoms with Gasteiger partial charge in [0.2, 0.25) is 0 Å². The number of aryl methyl sites for hydroxylation is 1. The molecule has 31 heavy (non-hydrogen) atoms. The van der Waals surface area contributed by atoms with Gasteiger partial charge in [-0.15, -0.1) is 11.3 Å². The third kappa shape index (κ3) is 5.04. The Balaban J connectivity index is 1.99. The summed E-state index contributed by atoms with van der Waals surface area (Å²) in [5.41, 5.74) is -3.01. The van der Waals surface area contributed by atoms with Crippen LogP contribution >= 0.6 is 11.3 Å². The Bertz CT molecular complexity index is 1150. The van der Waals surface area contributed by atoms with E-state index in [9.17, 15) is 35.5 Å². The van der Waals surface area contributed by atoms with Crippen LogP contribution in [0.1, 0.15) is 37.7 Å². The summed E-state index contributed by atoms with van der Waals surface area (Å²) in [6, 6.07) is 4.80. The van der Waals surface area contributed by atoms with E-state index < -0.39 is 40.8 Å². The van der Waals surface area contributed by atoms with Gasteiger partial charge in [-0.3, -0.25) is 0 Å². The SMILES string of the molecule is Cc1nc(Cc2cc(F)cc(C(F)(F)F)c2)sc1-c1ccc(C(=O)O)c(C(F)(F)F)c1. The summed E-state index contributed by atoms with van der Waals surface area (Å²) in [6.07, 6.45) is -9.80. The zero-order valence-corrected chi connectivity index (χ0v) is 16.3. The molecule has 3 rings (SSSR count). The van der Waals surface area contributed by atoms with Crippen LogP contribution in [0.5, 0.6) is 0 Å². The zero-order valence-electron chi connectivity index (χ0n) is 15.5. The molecule has 0 aliphatic carbocycles. The van der Waals surface area contributed by atoms with Gasteiger partial charge in [0.05, 0.1) is 32.3 Å². The van der Waals surface area contributed by atoms with Crippen LogP contribution in [0.2, 0.25) is 0 Å². The van der Waals surface area contributed by atoms with Crippen molar-refractivity contribution >= 4 is 17.3 Å². The number of benzene rings is 2. The zero-order chi connectivity index (χ0) is 23.1. The van der Waals surface area contributed by atoms with E-state index in [-0.39, 0.29) is 22.6 Å². The number of hydrogen-bond donors (Lipinski definition) is 1. The summed E-state index contributed by atoms with van der Waals surface area (Å²) in [5.74, 6) is -2.80. The van der Waals surface area contributed by atoms with Crippen molar-refractivity contribution in [2.75, 3.05) is 0 Å². The van der Waals surface area contributed by atoms with Crippen LogP contribution in [0.4, 0.5) is 30.7 Å². The molecule has 0 spiro atoms. The molecule has 0 bridgehead atoms. The Hall–Kier alpha value is -2.95. The van der Waals surface area contributed by atoms with Crippen LogP contribution in [0.25, 0.3) is 10.4 Å². The highest BCUT2D eigenvalue weighted by molar-refractivity contribution is 7.15. The maximum absolute atomic E-state index is 13.6. The molecule has 0 atom stereocenters. The average Bonchev–Trinajstić information content (AvgIpc) is 2.99. The van der Waals surface area contributed by atoms with Gasteiger partial charge in [0, 0.05) is 6.42 Å². The number of aromatic nitrogens is 1. The predicted molar refractivity (Wildman–Crippen MR) is 98.5 cm³/mol. The van der Waals surface area contributed by atoms with E-state index >= 15 is 0 Å². The lowest BCUT2D eigenvalue weighted by Crippen LogP contribution is -2.12. The van der Waals surface area contributed by atoms with Gasteiger partial charge in [-0.05, 0) is 48.4 Å². The fourth-order valence-corrected chi connectivity index (χ4v) is 4.09. The molecule has 0 saturated heterocycles. The summed E-state index contributed by atoms with van der Waals surface area (Å²) >= 11 is 0.931. The molecule has 3 aromatic rings. The highest BCUT2D eigenvalue weighted by atomic mass is 32.1. The molecule has 0 fully saturated rings. The van der Waals surface area contributed by atoms with E-state index in [1.54, 1.807) is 0 Å². The van der Waals surface area contributed by atoms with Gasteiger partial charge in [-0.25, -0.2) is 14.2 Å². The highest BCUT2D eigenvalue weighted by Gasteiger charge is 2.36. The molecule has 1 N–H and O–H groups in total. The van der Waals surface area contributed by atoms with Gasteiger partial charge in [0.25, 0.3) is 0 Å². The molecule has 0 saturated carbocycles. The van der Waals surface area contributed by atoms with Crippen molar-refractivity contribution in [1.82, 2.24) is 4.98 Å². The second-order valence-electron chi connectivity index (χ2n) is 6.61. The van der Waals surface area contributed by atoms with Crippen molar-refractivity contribution in [3.05, 3.63) is 75.2 Å². The van der Waals surface area contributed by atoms with E-state index in [1.165, 1.54) is 13.0 Å². The molecule has 164 valence electrons. The normalized spacial score (nSPS) is 12.3. The first kappa shape index (κ1) is 22.7. The Morgan fingerprint density at radius 2 is 1.71 bits per heavy atom. The number of nitrogens with zero attached hydrogens (tertiary/aromatic N) is 1. The minimum absolute atomic E-state index is 0.00447. The lowest BCUT2D eigenvalue weighted by molar-refractivity contribution is -0.138.